The van der Waals surface area contributed by atoms with Crippen molar-refractivity contribution in [1.82, 2.24) is 9.78 Å². The zero-order valence-corrected chi connectivity index (χ0v) is 13.3. The van der Waals surface area contributed by atoms with Crippen LogP contribution < -0.4 is 9.64 Å². The first-order valence-electron chi connectivity index (χ1n) is 7.10. The predicted octanol–water partition coefficient (Wildman–Crippen LogP) is 1.53. The molecule has 7 nitrogen and oxygen atoms in total. The Labute approximate surface area is 134 Å². The van der Waals surface area contributed by atoms with Crippen LogP contribution in [0.3, 0.4) is 0 Å². The van der Waals surface area contributed by atoms with E-state index >= 15 is 0 Å². The highest BCUT2D eigenvalue weighted by molar-refractivity contribution is 5.98. The van der Waals surface area contributed by atoms with Gasteiger partial charge in [0, 0.05) is 12.7 Å². The molecule has 122 valence electrons. The number of para-hydroxylation sites is 1. The molecule has 1 amide bonds. The second-order valence-electron chi connectivity index (χ2n) is 5.12. The SMILES string of the molecule is Cc1nn(C)c(C)c1OCC(=O)N(CC(=O)O)c1ccccc1. The molecule has 1 aromatic carbocycles. The topological polar surface area (TPSA) is 84.7 Å². The summed E-state index contributed by atoms with van der Waals surface area (Å²) in [5.41, 5.74) is 2.00. The Balaban J connectivity index is 2.13. The Kier molecular flexibility index (Phi) is 5.00. The number of aromatic nitrogens is 2. The van der Waals surface area contributed by atoms with Crippen molar-refractivity contribution in [2.24, 2.45) is 7.05 Å². The minimum absolute atomic E-state index is 0.254. The first-order chi connectivity index (χ1) is 10.9. The standard InChI is InChI=1S/C16H19N3O4/c1-11-16(12(2)18(3)17-11)23-10-14(20)19(9-15(21)22)13-7-5-4-6-8-13/h4-8H,9-10H2,1-3H3,(H,21,22). The molecule has 0 spiro atoms. The van der Waals surface area contributed by atoms with Crippen LogP contribution in [-0.4, -0.2) is 39.9 Å². The Hall–Kier alpha value is -2.83. The summed E-state index contributed by atoms with van der Waals surface area (Å²) < 4.78 is 7.23. The van der Waals surface area contributed by atoms with Gasteiger partial charge in [0.2, 0.25) is 0 Å². The summed E-state index contributed by atoms with van der Waals surface area (Å²) in [7, 11) is 1.79. The van der Waals surface area contributed by atoms with Crippen LogP contribution in [0.2, 0.25) is 0 Å². The van der Waals surface area contributed by atoms with Crippen LogP contribution in [0, 0.1) is 13.8 Å². The fourth-order valence-corrected chi connectivity index (χ4v) is 2.24. The third-order valence-corrected chi connectivity index (χ3v) is 3.44. The van der Waals surface area contributed by atoms with Crippen molar-refractivity contribution in [2.45, 2.75) is 13.8 Å². The lowest BCUT2D eigenvalue weighted by Crippen LogP contribution is -2.38. The Morgan fingerprint density at radius 2 is 1.91 bits per heavy atom. The van der Waals surface area contributed by atoms with Crippen LogP contribution in [0.15, 0.2) is 30.3 Å². The fourth-order valence-electron chi connectivity index (χ4n) is 2.24. The van der Waals surface area contributed by atoms with Gasteiger partial charge in [-0.1, -0.05) is 18.2 Å². The highest BCUT2D eigenvalue weighted by atomic mass is 16.5. The van der Waals surface area contributed by atoms with E-state index in [0.29, 0.717) is 17.1 Å². The van der Waals surface area contributed by atoms with Gasteiger partial charge in [0.25, 0.3) is 5.91 Å². The average molecular weight is 317 g/mol. The molecule has 0 radical (unpaired) electrons. The molecule has 0 bridgehead atoms. The summed E-state index contributed by atoms with van der Waals surface area (Å²) in [4.78, 5) is 24.6. The van der Waals surface area contributed by atoms with E-state index in [9.17, 15) is 9.59 Å². The number of hydrogen-bond donors (Lipinski definition) is 1. The lowest BCUT2D eigenvalue weighted by atomic mass is 10.3. The molecule has 0 unspecified atom stereocenters. The summed E-state index contributed by atoms with van der Waals surface area (Å²) in [6.07, 6.45) is 0. The van der Waals surface area contributed by atoms with Crippen molar-refractivity contribution in [3.63, 3.8) is 0 Å². The molecule has 0 aliphatic rings. The van der Waals surface area contributed by atoms with E-state index in [4.69, 9.17) is 9.84 Å². The van der Waals surface area contributed by atoms with E-state index in [1.165, 1.54) is 4.90 Å². The summed E-state index contributed by atoms with van der Waals surface area (Å²) >= 11 is 0. The van der Waals surface area contributed by atoms with Crippen molar-refractivity contribution in [3.05, 3.63) is 41.7 Å². The third kappa shape index (κ3) is 3.88. The van der Waals surface area contributed by atoms with Gasteiger partial charge in [-0.2, -0.15) is 5.10 Å². The van der Waals surface area contributed by atoms with E-state index in [-0.39, 0.29) is 6.61 Å². The zero-order chi connectivity index (χ0) is 17.0. The quantitative estimate of drug-likeness (QED) is 0.873. The smallest absolute Gasteiger partial charge is 0.323 e. The minimum atomic E-state index is -1.09. The number of carboxylic acid groups (broad SMARTS) is 1. The molecule has 0 atom stereocenters. The minimum Gasteiger partial charge on any atom is -0.480 e. The largest absolute Gasteiger partial charge is 0.480 e. The number of amides is 1. The van der Waals surface area contributed by atoms with E-state index in [0.717, 1.165) is 5.69 Å². The maximum atomic E-state index is 12.4. The van der Waals surface area contributed by atoms with Gasteiger partial charge >= 0.3 is 5.97 Å². The number of rotatable bonds is 6. The molecule has 0 fully saturated rings. The molecule has 1 N–H and O–H groups in total. The molecular weight excluding hydrogens is 298 g/mol. The number of ether oxygens (including phenoxy) is 1. The van der Waals surface area contributed by atoms with E-state index in [1.807, 2.05) is 6.92 Å². The highest BCUT2D eigenvalue weighted by Gasteiger charge is 2.20. The molecular formula is C16H19N3O4. The van der Waals surface area contributed by atoms with Gasteiger partial charge in [-0.15, -0.1) is 0 Å². The Morgan fingerprint density at radius 1 is 1.26 bits per heavy atom. The number of anilines is 1. The van der Waals surface area contributed by atoms with Crippen LogP contribution >= 0.6 is 0 Å². The Morgan fingerprint density at radius 3 is 2.43 bits per heavy atom. The lowest BCUT2D eigenvalue weighted by Gasteiger charge is -2.21. The first-order valence-corrected chi connectivity index (χ1v) is 7.10. The molecule has 1 heterocycles. The van der Waals surface area contributed by atoms with Gasteiger partial charge in [0.1, 0.15) is 12.2 Å². The number of hydrogen-bond acceptors (Lipinski definition) is 4. The lowest BCUT2D eigenvalue weighted by molar-refractivity contribution is -0.136. The molecule has 0 aliphatic carbocycles. The summed E-state index contributed by atoms with van der Waals surface area (Å²) in [5.74, 6) is -0.971. The van der Waals surface area contributed by atoms with E-state index < -0.39 is 18.4 Å². The van der Waals surface area contributed by atoms with Crippen molar-refractivity contribution in [3.8, 4) is 5.75 Å². The molecule has 7 heteroatoms. The second-order valence-corrected chi connectivity index (χ2v) is 5.12. The van der Waals surface area contributed by atoms with Crippen LogP contribution in [-0.2, 0) is 16.6 Å². The normalized spacial score (nSPS) is 10.4. The van der Waals surface area contributed by atoms with Gasteiger partial charge in [0.15, 0.2) is 12.4 Å². The van der Waals surface area contributed by atoms with Crippen molar-refractivity contribution >= 4 is 17.6 Å². The summed E-state index contributed by atoms with van der Waals surface area (Å²) in [5, 5.41) is 13.2. The van der Waals surface area contributed by atoms with E-state index in [1.54, 1.807) is 49.0 Å². The van der Waals surface area contributed by atoms with Crippen LogP contribution in [0.1, 0.15) is 11.4 Å². The van der Waals surface area contributed by atoms with Crippen molar-refractivity contribution < 1.29 is 19.4 Å². The van der Waals surface area contributed by atoms with Gasteiger partial charge in [-0.25, -0.2) is 0 Å². The number of carbonyl (C=O) groups excluding carboxylic acids is 1. The summed E-state index contributed by atoms with van der Waals surface area (Å²) in [6, 6.07) is 8.65. The predicted molar refractivity (Wildman–Crippen MR) is 84.6 cm³/mol. The first kappa shape index (κ1) is 16.5. The number of benzene rings is 1. The second kappa shape index (κ2) is 6.95. The zero-order valence-electron chi connectivity index (χ0n) is 13.3. The maximum absolute atomic E-state index is 12.4. The molecule has 0 saturated carbocycles. The van der Waals surface area contributed by atoms with Crippen molar-refractivity contribution in [2.75, 3.05) is 18.1 Å². The number of nitrogens with zero attached hydrogens (tertiary/aromatic N) is 3. The summed E-state index contributed by atoms with van der Waals surface area (Å²) in [6.45, 7) is 2.96. The molecule has 1 aromatic heterocycles. The highest BCUT2D eigenvalue weighted by Crippen LogP contribution is 2.21. The Bertz CT molecular complexity index is 710. The van der Waals surface area contributed by atoms with Gasteiger partial charge in [-0.05, 0) is 26.0 Å². The van der Waals surface area contributed by atoms with Gasteiger partial charge < -0.3 is 9.84 Å². The number of carboxylic acids is 1. The van der Waals surface area contributed by atoms with Crippen LogP contribution in [0.4, 0.5) is 5.69 Å². The molecule has 0 aliphatic heterocycles. The fraction of sp³-hybridized carbons (Fsp3) is 0.312. The number of carbonyl (C=O) groups is 2. The van der Waals surface area contributed by atoms with Crippen LogP contribution in [0.25, 0.3) is 0 Å². The molecule has 0 saturated heterocycles. The molecule has 2 aromatic rings. The maximum Gasteiger partial charge on any atom is 0.323 e. The molecule has 2 rings (SSSR count). The monoisotopic (exact) mass is 317 g/mol. The van der Waals surface area contributed by atoms with Crippen molar-refractivity contribution in [1.29, 1.82) is 0 Å². The van der Waals surface area contributed by atoms with Gasteiger partial charge in [0.05, 0.1) is 5.69 Å². The third-order valence-electron chi connectivity index (χ3n) is 3.44. The average Bonchev–Trinajstić information content (AvgIpc) is 2.76. The van der Waals surface area contributed by atoms with E-state index in [2.05, 4.69) is 5.10 Å². The number of aryl methyl sites for hydroxylation is 2. The number of aliphatic carboxylic acids is 1. The van der Waals surface area contributed by atoms with Crippen LogP contribution in [0.5, 0.6) is 5.75 Å². The molecule has 23 heavy (non-hydrogen) atoms. The van der Waals surface area contributed by atoms with Gasteiger partial charge in [-0.3, -0.25) is 19.2 Å².